The van der Waals surface area contributed by atoms with Crippen LogP contribution in [-0.2, 0) is 10.0 Å². The van der Waals surface area contributed by atoms with Crippen molar-refractivity contribution in [3.8, 4) is 0 Å². The Morgan fingerprint density at radius 1 is 0.689 bits per heavy atom. The minimum atomic E-state index is -3.64. The molecule has 0 spiro atoms. The van der Waals surface area contributed by atoms with E-state index in [1.807, 2.05) is 24.3 Å². The molecule has 6 heteroatoms. The zero-order valence-corrected chi connectivity index (χ0v) is 26.0. The average molecular weight is 612 g/mol. The Balaban J connectivity index is 1.05. The van der Waals surface area contributed by atoms with Gasteiger partial charge in [0.25, 0.3) is 0 Å². The number of nitrogens with one attached hydrogen (secondary N) is 1. The summed E-state index contributed by atoms with van der Waals surface area (Å²) in [6, 6.07) is 42.1. The zero-order valence-electron chi connectivity index (χ0n) is 25.2. The molecule has 0 radical (unpaired) electrons. The van der Waals surface area contributed by atoms with Gasteiger partial charge < -0.3 is 5.32 Å². The van der Waals surface area contributed by atoms with Crippen LogP contribution in [0.1, 0.15) is 46.7 Å². The van der Waals surface area contributed by atoms with Crippen molar-refractivity contribution < 1.29 is 8.42 Å². The molecule has 45 heavy (non-hydrogen) atoms. The standard InChI is InChI=1S/C39H37N3O2S/c43-45(44,42-25-23-41(24-26-42)39(29-12-3-1-4-13-29)30-14-5-2-6-15-30)31-21-22-37-36(27-31)33-18-10-20-35(33)38(40-37)34-19-9-16-28-11-7-8-17-32(28)34/h1-19,21-22,27,33,35,38-40H,20,23-26H2. The highest BCUT2D eigenvalue weighted by Gasteiger charge is 2.40. The molecule has 0 bridgehead atoms. The van der Waals surface area contributed by atoms with E-state index >= 15 is 0 Å². The number of allylic oxidation sites excluding steroid dienone is 2. The molecule has 8 rings (SSSR count). The van der Waals surface area contributed by atoms with Crippen LogP contribution in [0, 0.1) is 5.92 Å². The summed E-state index contributed by atoms with van der Waals surface area (Å²) in [4.78, 5) is 2.80. The van der Waals surface area contributed by atoms with E-state index in [2.05, 4.69) is 113 Å². The van der Waals surface area contributed by atoms with Gasteiger partial charge in [-0.3, -0.25) is 4.90 Å². The first kappa shape index (κ1) is 28.3. The Hall–Kier alpha value is -4.23. The van der Waals surface area contributed by atoms with Gasteiger partial charge in [-0.2, -0.15) is 4.31 Å². The van der Waals surface area contributed by atoms with Crippen molar-refractivity contribution >= 4 is 26.5 Å². The van der Waals surface area contributed by atoms with E-state index in [1.54, 1.807) is 10.4 Å². The molecule has 1 aliphatic carbocycles. The molecule has 3 unspecified atom stereocenters. The topological polar surface area (TPSA) is 52.7 Å². The lowest BCUT2D eigenvalue weighted by atomic mass is 9.76. The number of fused-ring (bicyclic) bond motifs is 4. The summed E-state index contributed by atoms with van der Waals surface area (Å²) >= 11 is 0. The predicted molar refractivity (Wildman–Crippen MR) is 182 cm³/mol. The number of anilines is 1. The molecule has 1 N–H and O–H groups in total. The maximum Gasteiger partial charge on any atom is 0.243 e. The smallest absolute Gasteiger partial charge is 0.243 e. The zero-order chi connectivity index (χ0) is 30.4. The van der Waals surface area contributed by atoms with Crippen molar-refractivity contribution in [2.24, 2.45) is 5.92 Å². The van der Waals surface area contributed by atoms with Crippen LogP contribution in [0.3, 0.4) is 0 Å². The molecule has 1 saturated heterocycles. The first-order chi connectivity index (χ1) is 22.1. The first-order valence-electron chi connectivity index (χ1n) is 16.0. The van der Waals surface area contributed by atoms with Gasteiger partial charge in [-0.25, -0.2) is 8.42 Å². The number of benzene rings is 5. The molecule has 5 aromatic carbocycles. The monoisotopic (exact) mass is 611 g/mol. The highest BCUT2D eigenvalue weighted by Crippen LogP contribution is 2.51. The maximum absolute atomic E-state index is 14.1. The van der Waals surface area contributed by atoms with E-state index in [9.17, 15) is 8.42 Å². The van der Waals surface area contributed by atoms with Gasteiger partial charge in [0.2, 0.25) is 10.0 Å². The fourth-order valence-corrected chi connectivity index (χ4v) is 9.26. The Labute approximate surface area is 265 Å². The van der Waals surface area contributed by atoms with Crippen molar-refractivity contribution in [1.82, 2.24) is 9.21 Å². The summed E-state index contributed by atoms with van der Waals surface area (Å²) < 4.78 is 29.8. The largest absolute Gasteiger partial charge is 0.378 e. The Kier molecular flexibility index (Phi) is 7.29. The van der Waals surface area contributed by atoms with Gasteiger partial charge in [0.15, 0.2) is 0 Å². The van der Waals surface area contributed by atoms with E-state index in [0.29, 0.717) is 37.0 Å². The summed E-state index contributed by atoms with van der Waals surface area (Å²) in [6.07, 6.45) is 5.51. The molecule has 5 nitrogen and oxygen atoms in total. The van der Waals surface area contributed by atoms with E-state index in [0.717, 1.165) is 17.7 Å². The summed E-state index contributed by atoms with van der Waals surface area (Å²) in [5, 5.41) is 6.34. The molecule has 2 heterocycles. The van der Waals surface area contributed by atoms with Gasteiger partial charge in [-0.1, -0.05) is 115 Å². The molecule has 3 aliphatic rings. The molecular formula is C39H37N3O2S. The second kappa shape index (κ2) is 11.6. The van der Waals surface area contributed by atoms with Crippen molar-refractivity contribution in [2.75, 3.05) is 31.5 Å². The van der Waals surface area contributed by atoms with Crippen LogP contribution in [0.2, 0.25) is 0 Å². The van der Waals surface area contributed by atoms with Gasteiger partial charge in [0.1, 0.15) is 0 Å². The van der Waals surface area contributed by atoms with Crippen molar-refractivity contribution in [3.05, 3.63) is 156 Å². The fourth-order valence-electron chi connectivity index (χ4n) is 7.80. The number of piperazine rings is 1. The molecule has 5 aromatic rings. The normalized spacial score (nSPS) is 21.8. The average Bonchev–Trinajstić information content (AvgIpc) is 3.60. The molecule has 0 amide bonds. The lowest BCUT2D eigenvalue weighted by molar-refractivity contribution is 0.156. The van der Waals surface area contributed by atoms with Crippen LogP contribution in [0.25, 0.3) is 10.8 Å². The second-order valence-electron chi connectivity index (χ2n) is 12.5. The third kappa shape index (κ3) is 5.07. The molecular weight excluding hydrogens is 575 g/mol. The van der Waals surface area contributed by atoms with Gasteiger partial charge in [-0.15, -0.1) is 0 Å². The van der Waals surface area contributed by atoms with Gasteiger partial charge in [0.05, 0.1) is 17.0 Å². The first-order valence-corrected chi connectivity index (χ1v) is 17.4. The second-order valence-corrected chi connectivity index (χ2v) is 14.4. The lowest BCUT2D eigenvalue weighted by Crippen LogP contribution is -2.49. The van der Waals surface area contributed by atoms with Crippen molar-refractivity contribution in [1.29, 1.82) is 0 Å². The predicted octanol–water partition coefficient (Wildman–Crippen LogP) is 7.76. The van der Waals surface area contributed by atoms with Gasteiger partial charge in [0, 0.05) is 37.8 Å². The lowest BCUT2D eigenvalue weighted by Gasteiger charge is -2.40. The quantitative estimate of drug-likeness (QED) is 0.200. The molecule has 0 saturated carbocycles. The Morgan fingerprint density at radius 2 is 1.36 bits per heavy atom. The number of rotatable bonds is 6. The third-order valence-corrected chi connectivity index (χ3v) is 11.9. The fraction of sp³-hybridized carbons (Fsp3) is 0.231. The van der Waals surface area contributed by atoms with E-state index < -0.39 is 10.0 Å². The summed E-state index contributed by atoms with van der Waals surface area (Å²) in [5.74, 6) is 0.507. The molecule has 1 fully saturated rings. The van der Waals surface area contributed by atoms with E-state index in [-0.39, 0.29) is 18.0 Å². The van der Waals surface area contributed by atoms with Crippen LogP contribution in [-0.4, -0.2) is 43.8 Å². The van der Waals surface area contributed by atoms with Gasteiger partial charge in [-0.05, 0) is 63.6 Å². The SMILES string of the molecule is O=S(=O)(c1ccc2c(c1)C1C=CCC1C(c1cccc3ccccc13)N2)N1CCN(C(c2ccccc2)c2ccccc2)CC1. The molecule has 2 aliphatic heterocycles. The summed E-state index contributed by atoms with van der Waals surface area (Å²) in [6.45, 7) is 2.26. The number of sulfonamides is 1. The molecule has 226 valence electrons. The molecule has 3 atom stereocenters. The van der Waals surface area contributed by atoms with Crippen LogP contribution in [0.5, 0.6) is 0 Å². The van der Waals surface area contributed by atoms with Crippen LogP contribution in [0.15, 0.2) is 138 Å². The van der Waals surface area contributed by atoms with Gasteiger partial charge >= 0.3 is 0 Å². The van der Waals surface area contributed by atoms with Crippen LogP contribution < -0.4 is 5.32 Å². The Morgan fingerprint density at radius 3 is 2.09 bits per heavy atom. The minimum Gasteiger partial charge on any atom is -0.378 e. The van der Waals surface area contributed by atoms with Crippen molar-refractivity contribution in [2.45, 2.75) is 29.3 Å². The Bertz CT molecular complexity index is 1920. The highest BCUT2D eigenvalue weighted by atomic mass is 32.2. The summed E-state index contributed by atoms with van der Waals surface area (Å²) in [5.41, 5.74) is 5.86. The molecule has 0 aromatic heterocycles. The third-order valence-electron chi connectivity index (χ3n) is 10.00. The number of nitrogens with zero attached hydrogens (tertiary/aromatic N) is 2. The number of hydrogen-bond donors (Lipinski definition) is 1. The van der Waals surface area contributed by atoms with Crippen LogP contribution >= 0.6 is 0 Å². The maximum atomic E-state index is 14.1. The minimum absolute atomic E-state index is 0.0906. The van der Waals surface area contributed by atoms with Crippen LogP contribution in [0.4, 0.5) is 5.69 Å². The number of hydrogen-bond acceptors (Lipinski definition) is 4. The van der Waals surface area contributed by atoms with Crippen molar-refractivity contribution in [3.63, 3.8) is 0 Å². The highest BCUT2D eigenvalue weighted by molar-refractivity contribution is 7.89. The van der Waals surface area contributed by atoms with E-state index in [1.165, 1.54) is 27.5 Å². The summed E-state index contributed by atoms with van der Waals surface area (Å²) in [7, 11) is -3.64. The van der Waals surface area contributed by atoms with E-state index in [4.69, 9.17) is 0 Å².